The monoisotopic (exact) mass is 267 g/mol. The molecule has 2 amide bonds. The van der Waals surface area contributed by atoms with Crippen LogP contribution in [0.2, 0.25) is 0 Å². The summed E-state index contributed by atoms with van der Waals surface area (Å²) in [4.78, 5) is 26.1. The Morgan fingerprint density at radius 2 is 1.83 bits per heavy atom. The maximum atomic E-state index is 12.3. The van der Waals surface area contributed by atoms with E-state index in [1.165, 1.54) is 0 Å². The van der Waals surface area contributed by atoms with Gasteiger partial charge in [-0.05, 0) is 26.0 Å². The van der Waals surface area contributed by atoms with Crippen molar-refractivity contribution in [3.63, 3.8) is 0 Å². The minimum atomic E-state index is -0.485. The van der Waals surface area contributed by atoms with Crippen LogP contribution < -0.4 is 11.1 Å². The summed E-state index contributed by atoms with van der Waals surface area (Å²) < 4.78 is 0. The number of primary amides is 1. The minimum Gasteiger partial charge on any atom is -0.365 e. The van der Waals surface area contributed by atoms with Crippen LogP contribution in [0.4, 0.5) is 0 Å². The molecule has 2 unspecified atom stereocenters. The van der Waals surface area contributed by atoms with Crippen molar-refractivity contribution in [2.45, 2.75) is 25.9 Å². The SMILES string of the molecule is CC1CN(C(=O)c2ccc(C(N)=O)s2)CC(C)N1. The van der Waals surface area contributed by atoms with Crippen LogP contribution in [0.25, 0.3) is 0 Å². The fraction of sp³-hybridized carbons (Fsp3) is 0.500. The van der Waals surface area contributed by atoms with E-state index in [0.29, 0.717) is 22.8 Å². The zero-order valence-electron chi connectivity index (χ0n) is 10.5. The van der Waals surface area contributed by atoms with Gasteiger partial charge in [-0.1, -0.05) is 0 Å². The summed E-state index contributed by atoms with van der Waals surface area (Å²) in [7, 11) is 0. The third-order valence-electron chi connectivity index (χ3n) is 2.90. The molecule has 1 aliphatic rings. The Kier molecular flexibility index (Phi) is 3.68. The second-order valence-electron chi connectivity index (χ2n) is 4.71. The van der Waals surface area contributed by atoms with Crippen molar-refractivity contribution in [1.29, 1.82) is 0 Å². The van der Waals surface area contributed by atoms with E-state index in [-0.39, 0.29) is 18.0 Å². The average Bonchev–Trinajstić information content (AvgIpc) is 2.75. The van der Waals surface area contributed by atoms with Crippen LogP contribution in [0.15, 0.2) is 12.1 Å². The number of carbonyl (C=O) groups excluding carboxylic acids is 2. The van der Waals surface area contributed by atoms with Crippen LogP contribution in [-0.2, 0) is 0 Å². The quantitative estimate of drug-likeness (QED) is 0.827. The summed E-state index contributed by atoms with van der Waals surface area (Å²) in [5.74, 6) is -0.506. The van der Waals surface area contributed by atoms with Gasteiger partial charge in [0.05, 0.1) is 9.75 Å². The molecule has 0 aliphatic carbocycles. The molecular weight excluding hydrogens is 250 g/mol. The number of nitrogens with one attached hydrogen (secondary N) is 1. The summed E-state index contributed by atoms with van der Waals surface area (Å²) in [5, 5.41) is 3.37. The molecule has 1 aromatic rings. The van der Waals surface area contributed by atoms with Gasteiger partial charge in [-0.2, -0.15) is 0 Å². The van der Waals surface area contributed by atoms with Gasteiger partial charge in [-0.15, -0.1) is 11.3 Å². The molecule has 6 heteroatoms. The third kappa shape index (κ3) is 2.70. The molecule has 1 fully saturated rings. The Labute approximate surface area is 110 Å². The molecule has 1 saturated heterocycles. The van der Waals surface area contributed by atoms with E-state index in [1.807, 2.05) is 4.90 Å². The molecule has 98 valence electrons. The first-order chi connectivity index (χ1) is 8.47. The number of piperazine rings is 1. The van der Waals surface area contributed by atoms with Crippen molar-refractivity contribution in [3.05, 3.63) is 21.9 Å². The van der Waals surface area contributed by atoms with Gasteiger partial charge in [0, 0.05) is 25.2 Å². The summed E-state index contributed by atoms with van der Waals surface area (Å²) >= 11 is 1.16. The van der Waals surface area contributed by atoms with Crippen LogP contribution in [0.3, 0.4) is 0 Å². The first kappa shape index (κ1) is 13.0. The lowest BCUT2D eigenvalue weighted by atomic mass is 10.1. The van der Waals surface area contributed by atoms with E-state index in [0.717, 1.165) is 11.3 Å². The van der Waals surface area contributed by atoms with Crippen LogP contribution in [-0.4, -0.2) is 41.9 Å². The minimum absolute atomic E-state index is 0.0206. The van der Waals surface area contributed by atoms with E-state index in [4.69, 9.17) is 5.73 Å². The molecule has 0 spiro atoms. The Bertz CT molecular complexity index is 462. The predicted octanol–water partition coefficient (Wildman–Crippen LogP) is 0.669. The van der Waals surface area contributed by atoms with Gasteiger partial charge in [-0.3, -0.25) is 9.59 Å². The maximum absolute atomic E-state index is 12.3. The molecule has 2 atom stereocenters. The summed E-state index contributed by atoms with van der Waals surface area (Å²) in [6.45, 7) is 5.48. The molecule has 1 aliphatic heterocycles. The number of carbonyl (C=O) groups is 2. The molecule has 2 heterocycles. The van der Waals surface area contributed by atoms with Crippen molar-refractivity contribution in [2.24, 2.45) is 5.73 Å². The molecule has 0 saturated carbocycles. The maximum Gasteiger partial charge on any atom is 0.264 e. The van der Waals surface area contributed by atoms with Crippen LogP contribution >= 0.6 is 11.3 Å². The molecule has 5 nitrogen and oxygen atoms in total. The zero-order valence-corrected chi connectivity index (χ0v) is 11.3. The zero-order chi connectivity index (χ0) is 13.3. The van der Waals surface area contributed by atoms with Crippen LogP contribution in [0.1, 0.15) is 33.2 Å². The second kappa shape index (κ2) is 5.07. The molecule has 2 rings (SSSR count). The van der Waals surface area contributed by atoms with Gasteiger partial charge >= 0.3 is 0 Å². The topological polar surface area (TPSA) is 75.4 Å². The highest BCUT2D eigenvalue weighted by molar-refractivity contribution is 7.15. The first-order valence-electron chi connectivity index (χ1n) is 5.92. The van der Waals surface area contributed by atoms with Gasteiger partial charge < -0.3 is 16.0 Å². The van der Waals surface area contributed by atoms with Crippen LogP contribution in [0.5, 0.6) is 0 Å². The Balaban J connectivity index is 2.12. The van der Waals surface area contributed by atoms with Gasteiger partial charge in [-0.25, -0.2) is 0 Å². The fourth-order valence-corrected chi connectivity index (χ4v) is 3.06. The number of hydrogen-bond donors (Lipinski definition) is 2. The Hall–Kier alpha value is -1.40. The lowest BCUT2D eigenvalue weighted by Gasteiger charge is -2.35. The highest BCUT2D eigenvalue weighted by Crippen LogP contribution is 2.19. The van der Waals surface area contributed by atoms with E-state index in [9.17, 15) is 9.59 Å². The Morgan fingerprint density at radius 3 is 2.33 bits per heavy atom. The van der Waals surface area contributed by atoms with Crippen molar-refractivity contribution in [2.75, 3.05) is 13.1 Å². The lowest BCUT2D eigenvalue weighted by Crippen LogP contribution is -2.55. The molecule has 1 aromatic heterocycles. The van der Waals surface area contributed by atoms with Gasteiger partial charge in [0.2, 0.25) is 0 Å². The van der Waals surface area contributed by atoms with E-state index >= 15 is 0 Å². The van der Waals surface area contributed by atoms with Crippen molar-refractivity contribution >= 4 is 23.2 Å². The van der Waals surface area contributed by atoms with Crippen molar-refractivity contribution < 1.29 is 9.59 Å². The fourth-order valence-electron chi connectivity index (χ4n) is 2.23. The molecule has 3 N–H and O–H groups in total. The number of thiophene rings is 1. The highest BCUT2D eigenvalue weighted by Gasteiger charge is 2.26. The smallest absolute Gasteiger partial charge is 0.264 e. The Morgan fingerprint density at radius 1 is 1.28 bits per heavy atom. The largest absolute Gasteiger partial charge is 0.365 e. The summed E-state index contributed by atoms with van der Waals surface area (Å²) in [6, 6.07) is 3.85. The highest BCUT2D eigenvalue weighted by atomic mass is 32.1. The summed E-state index contributed by atoms with van der Waals surface area (Å²) in [5.41, 5.74) is 5.19. The molecule has 0 radical (unpaired) electrons. The van der Waals surface area contributed by atoms with Crippen molar-refractivity contribution in [1.82, 2.24) is 10.2 Å². The molecule has 0 bridgehead atoms. The molecular formula is C12H17N3O2S. The molecule has 18 heavy (non-hydrogen) atoms. The molecule has 0 aromatic carbocycles. The van der Waals surface area contributed by atoms with Gasteiger partial charge in [0.1, 0.15) is 0 Å². The first-order valence-corrected chi connectivity index (χ1v) is 6.74. The standard InChI is InChI=1S/C12H17N3O2S/c1-7-5-15(6-8(2)14-7)12(17)10-4-3-9(18-10)11(13)16/h3-4,7-8,14H,5-6H2,1-2H3,(H2,13,16). The summed E-state index contributed by atoms with van der Waals surface area (Å²) in [6.07, 6.45) is 0. The van der Waals surface area contributed by atoms with E-state index < -0.39 is 5.91 Å². The predicted molar refractivity (Wildman–Crippen MR) is 70.8 cm³/mol. The number of nitrogens with two attached hydrogens (primary N) is 1. The van der Waals surface area contributed by atoms with E-state index in [2.05, 4.69) is 19.2 Å². The average molecular weight is 267 g/mol. The normalized spacial score (nSPS) is 24.0. The number of amides is 2. The number of rotatable bonds is 2. The van der Waals surface area contributed by atoms with E-state index in [1.54, 1.807) is 12.1 Å². The van der Waals surface area contributed by atoms with Crippen LogP contribution in [0, 0.1) is 0 Å². The third-order valence-corrected chi connectivity index (χ3v) is 3.99. The van der Waals surface area contributed by atoms with Gasteiger partial charge in [0.25, 0.3) is 11.8 Å². The van der Waals surface area contributed by atoms with Crippen molar-refractivity contribution in [3.8, 4) is 0 Å². The number of nitrogens with zero attached hydrogens (tertiary/aromatic N) is 1. The van der Waals surface area contributed by atoms with Gasteiger partial charge in [0.15, 0.2) is 0 Å². The number of hydrogen-bond acceptors (Lipinski definition) is 4. The lowest BCUT2D eigenvalue weighted by molar-refractivity contribution is 0.0678. The second-order valence-corrected chi connectivity index (χ2v) is 5.79.